The summed E-state index contributed by atoms with van der Waals surface area (Å²) in [5, 5.41) is 1.20. The second-order valence-corrected chi connectivity index (χ2v) is 5.93. The molecular weight excluding hydrogens is 425 g/mol. The summed E-state index contributed by atoms with van der Waals surface area (Å²) in [5.41, 5.74) is 0. The van der Waals surface area contributed by atoms with Crippen molar-refractivity contribution in [1.29, 1.82) is 0 Å². The predicted octanol–water partition coefficient (Wildman–Crippen LogP) is 2.93. The molecule has 0 saturated carbocycles. The number of carbonyl (C=O) groups is 1. The molecule has 0 unspecified atom stereocenters. The minimum atomic E-state index is -7.17. The number of rotatable bonds is 8. The zero-order valence-electron chi connectivity index (χ0n) is 13.9. The first-order valence-electron chi connectivity index (χ1n) is 7.62. The van der Waals surface area contributed by atoms with Crippen molar-refractivity contribution in [3.05, 3.63) is 0 Å². The first kappa shape index (κ1) is 24.7. The second-order valence-electron chi connectivity index (χ2n) is 5.93. The van der Waals surface area contributed by atoms with E-state index in [-0.39, 0.29) is 19.8 Å². The molecule has 0 aliphatic carbocycles. The summed E-state index contributed by atoms with van der Waals surface area (Å²) in [6.45, 7) is 0.200. The maximum atomic E-state index is 13.5. The maximum Gasteiger partial charge on any atom is 0.395 e. The zero-order chi connectivity index (χ0) is 22.0. The summed E-state index contributed by atoms with van der Waals surface area (Å²) in [7, 11) is 0. The molecule has 1 fully saturated rings. The van der Waals surface area contributed by atoms with Gasteiger partial charge in [0.1, 0.15) is 6.42 Å². The van der Waals surface area contributed by atoms with Gasteiger partial charge in [0, 0.05) is 26.2 Å². The van der Waals surface area contributed by atoms with E-state index in [9.17, 15) is 53.1 Å². The summed E-state index contributed by atoms with van der Waals surface area (Å²) in [5.74, 6) is -30.3. The molecule has 4 nitrogen and oxygen atoms in total. The van der Waals surface area contributed by atoms with Crippen LogP contribution in [-0.2, 0) is 9.53 Å². The van der Waals surface area contributed by atoms with Gasteiger partial charge in [0.05, 0.1) is 13.2 Å². The lowest BCUT2D eigenvalue weighted by molar-refractivity contribution is -0.369. The first-order chi connectivity index (χ1) is 12.5. The number of nitrogens with zero attached hydrogens (tertiary/aromatic N) is 1. The van der Waals surface area contributed by atoms with E-state index in [1.165, 1.54) is 10.2 Å². The lowest BCUT2D eigenvalue weighted by Gasteiger charge is -2.36. The van der Waals surface area contributed by atoms with Crippen LogP contribution in [-0.4, -0.2) is 80.1 Å². The highest BCUT2D eigenvalue weighted by Gasteiger charge is 2.83. The van der Waals surface area contributed by atoms with Gasteiger partial charge in [-0.2, -0.15) is 48.3 Å². The summed E-state index contributed by atoms with van der Waals surface area (Å²) in [4.78, 5) is 12.8. The molecule has 1 N–H and O–H groups in total. The van der Waals surface area contributed by atoms with Crippen LogP contribution in [0.1, 0.15) is 6.42 Å². The van der Waals surface area contributed by atoms with Crippen LogP contribution in [0.5, 0.6) is 0 Å². The van der Waals surface area contributed by atoms with Crippen molar-refractivity contribution in [2.45, 2.75) is 36.3 Å². The van der Waals surface area contributed by atoms with Gasteiger partial charge in [0.15, 0.2) is 0 Å². The quantitative estimate of drug-likeness (QED) is 0.591. The van der Waals surface area contributed by atoms with Crippen molar-refractivity contribution in [3.63, 3.8) is 0 Å². The van der Waals surface area contributed by atoms with Gasteiger partial charge in [0.25, 0.3) is 5.91 Å². The Balaban J connectivity index is 2.87. The minimum Gasteiger partial charge on any atom is -0.379 e. The fraction of sp³-hybridized carbons (Fsp3) is 0.923. The van der Waals surface area contributed by atoms with Crippen LogP contribution in [0, 0.1) is 0 Å². The Morgan fingerprint density at radius 1 is 0.857 bits per heavy atom. The summed E-state index contributed by atoms with van der Waals surface area (Å²) in [6.07, 6.45) is -9.84. The summed E-state index contributed by atoms with van der Waals surface area (Å²) >= 11 is 0. The number of ether oxygens (including phenoxy) is 1. The number of carbonyl (C=O) groups excluding carboxylic acids is 1. The molecule has 0 aromatic rings. The largest absolute Gasteiger partial charge is 0.395 e. The smallest absolute Gasteiger partial charge is 0.379 e. The minimum absolute atomic E-state index is 0.169. The van der Waals surface area contributed by atoms with Crippen LogP contribution in [0.25, 0.3) is 0 Å². The number of morpholine rings is 1. The lowest BCUT2D eigenvalue weighted by atomic mass is 9.96. The highest BCUT2D eigenvalue weighted by atomic mass is 19.4. The van der Waals surface area contributed by atoms with Crippen molar-refractivity contribution in [3.8, 4) is 0 Å². The molecule has 1 aliphatic rings. The van der Waals surface area contributed by atoms with Crippen molar-refractivity contribution < 1.29 is 57.8 Å². The third kappa shape index (κ3) is 5.15. The van der Waals surface area contributed by atoms with Gasteiger partial charge < -0.3 is 10.1 Å². The molecule has 1 saturated heterocycles. The van der Waals surface area contributed by atoms with Crippen LogP contribution in [0.3, 0.4) is 0 Å². The fourth-order valence-corrected chi connectivity index (χ4v) is 2.20. The summed E-state index contributed by atoms with van der Waals surface area (Å²) < 4.78 is 147. The van der Waals surface area contributed by atoms with Crippen LogP contribution in [0.4, 0.5) is 48.3 Å². The molecule has 15 heteroatoms. The lowest BCUT2D eigenvalue weighted by Crippen LogP contribution is -2.66. The first-order valence-corrected chi connectivity index (χ1v) is 7.62. The van der Waals surface area contributed by atoms with E-state index in [2.05, 4.69) is 0 Å². The number of amides is 1. The number of hydrogen-bond donors (Lipinski definition) is 1. The van der Waals surface area contributed by atoms with E-state index in [4.69, 9.17) is 4.74 Å². The molecule has 0 bridgehead atoms. The van der Waals surface area contributed by atoms with Gasteiger partial charge in [-0.1, -0.05) is 0 Å². The molecule has 0 aromatic heterocycles. The third-order valence-corrected chi connectivity index (χ3v) is 3.77. The Kier molecular flexibility index (Phi) is 7.19. The SMILES string of the molecule is O=C(NCCN1CCOCC1)C(F)(F)C(F)(F)C(F)(F)C(F)(F)CC(F)(F)F. The van der Waals surface area contributed by atoms with Gasteiger partial charge in [-0.05, 0) is 0 Å². The highest BCUT2D eigenvalue weighted by Crippen LogP contribution is 2.55. The van der Waals surface area contributed by atoms with E-state index in [1.807, 2.05) is 0 Å². The van der Waals surface area contributed by atoms with E-state index in [0.717, 1.165) is 0 Å². The van der Waals surface area contributed by atoms with E-state index < -0.39 is 48.7 Å². The second kappa shape index (κ2) is 8.16. The Bertz CT molecular complexity index is 545. The number of halogens is 11. The van der Waals surface area contributed by atoms with E-state index >= 15 is 0 Å². The van der Waals surface area contributed by atoms with Crippen molar-refractivity contribution in [2.24, 2.45) is 0 Å². The van der Waals surface area contributed by atoms with Crippen LogP contribution in [0.2, 0.25) is 0 Å². The summed E-state index contributed by atoms with van der Waals surface area (Å²) in [6, 6.07) is 0. The van der Waals surface area contributed by atoms with Crippen LogP contribution >= 0.6 is 0 Å². The number of alkyl halides is 11. The van der Waals surface area contributed by atoms with Crippen molar-refractivity contribution in [2.75, 3.05) is 39.4 Å². The van der Waals surface area contributed by atoms with E-state index in [1.54, 1.807) is 0 Å². The maximum absolute atomic E-state index is 13.5. The molecule has 28 heavy (non-hydrogen) atoms. The van der Waals surface area contributed by atoms with Crippen LogP contribution in [0.15, 0.2) is 0 Å². The topological polar surface area (TPSA) is 41.6 Å². The molecule has 0 aromatic carbocycles. The molecule has 1 heterocycles. The van der Waals surface area contributed by atoms with Gasteiger partial charge in [0.2, 0.25) is 0 Å². The molecule has 0 radical (unpaired) electrons. The third-order valence-electron chi connectivity index (χ3n) is 3.77. The highest BCUT2D eigenvalue weighted by molar-refractivity contribution is 5.84. The molecule has 0 atom stereocenters. The van der Waals surface area contributed by atoms with Gasteiger partial charge in [-0.15, -0.1) is 0 Å². The van der Waals surface area contributed by atoms with Gasteiger partial charge in [-0.3, -0.25) is 9.69 Å². The Hall–Kier alpha value is -1.38. The standard InChI is InChI=1S/C13H15F11N2O2/c14-9(15,7-10(16,17)18)12(21,22)13(23,24)11(19,20)8(27)25-1-2-26-3-5-28-6-4-26/h1-7H2,(H,25,27). The van der Waals surface area contributed by atoms with Crippen LogP contribution < -0.4 is 5.32 Å². The number of nitrogens with one attached hydrogen (secondary N) is 1. The molecule has 1 rings (SSSR count). The molecule has 1 aliphatic heterocycles. The Morgan fingerprint density at radius 2 is 1.36 bits per heavy atom. The monoisotopic (exact) mass is 440 g/mol. The van der Waals surface area contributed by atoms with Gasteiger partial charge in [-0.25, -0.2) is 0 Å². The fourth-order valence-electron chi connectivity index (χ4n) is 2.20. The van der Waals surface area contributed by atoms with Crippen molar-refractivity contribution in [1.82, 2.24) is 10.2 Å². The Morgan fingerprint density at radius 3 is 1.82 bits per heavy atom. The average Bonchev–Trinajstić information content (AvgIpc) is 2.52. The van der Waals surface area contributed by atoms with Gasteiger partial charge >= 0.3 is 29.9 Å². The molecule has 1 amide bonds. The average molecular weight is 440 g/mol. The predicted molar refractivity (Wildman–Crippen MR) is 70.7 cm³/mol. The molecule has 0 spiro atoms. The number of hydrogen-bond acceptors (Lipinski definition) is 3. The molecule has 166 valence electrons. The van der Waals surface area contributed by atoms with E-state index in [0.29, 0.717) is 13.1 Å². The Labute approximate surface area is 151 Å². The zero-order valence-corrected chi connectivity index (χ0v) is 13.9. The van der Waals surface area contributed by atoms with Crippen molar-refractivity contribution >= 4 is 5.91 Å². The molecular formula is C13H15F11N2O2. The normalized spacial score (nSPS) is 18.2.